The molecule has 0 bridgehead atoms. The van der Waals surface area contributed by atoms with Gasteiger partial charge in [-0.15, -0.1) is 0 Å². The quantitative estimate of drug-likeness (QED) is 0.591. The summed E-state index contributed by atoms with van der Waals surface area (Å²) in [6.45, 7) is 0.608. The molecular formula is C18H17BrF2N2. The highest BCUT2D eigenvalue weighted by Gasteiger charge is 2.17. The van der Waals surface area contributed by atoms with Gasteiger partial charge in [0.15, 0.2) is 0 Å². The summed E-state index contributed by atoms with van der Waals surface area (Å²) in [6.07, 6.45) is 2.48. The Balaban J connectivity index is 2.19. The first-order valence-electron chi connectivity index (χ1n) is 7.55. The van der Waals surface area contributed by atoms with Crippen molar-refractivity contribution < 1.29 is 8.78 Å². The van der Waals surface area contributed by atoms with Crippen molar-refractivity contribution in [2.75, 3.05) is 6.54 Å². The maximum Gasteiger partial charge on any atom is 0.150 e. The number of aromatic nitrogens is 1. The Hall–Kier alpha value is -1.72. The summed E-state index contributed by atoms with van der Waals surface area (Å²) in [6, 6.07) is 10.1. The van der Waals surface area contributed by atoms with E-state index in [0.717, 1.165) is 46.6 Å². The van der Waals surface area contributed by atoms with Crippen LogP contribution in [0.25, 0.3) is 22.2 Å². The van der Waals surface area contributed by atoms with Crippen molar-refractivity contribution in [2.24, 2.45) is 5.73 Å². The summed E-state index contributed by atoms with van der Waals surface area (Å²) in [5.74, 6) is -1.13. The van der Waals surface area contributed by atoms with Crippen molar-refractivity contribution in [1.82, 2.24) is 4.98 Å². The van der Waals surface area contributed by atoms with Crippen LogP contribution in [0.1, 0.15) is 18.4 Å². The monoisotopic (exact) mass is 378 g/mol. The van der Waals surface area contributed by atoms with Crippen LogP contribution < -0.4 is 5.73 Å². The number of halogens is 3. The fourth-order valence-corrected chi connectivity index (χ4v) is 3.27. The molecule has 2 nitrogen and oxygen atoms in total. The molecule has 0 saturated heterocycles. The standard InChI is InChI=1S/C18H17BrF2N2/c19-12-5-3-4-11(8-12)17-14(6-1-2-7-22)15-9-13(20)10-16(21)18(15)23-17/h3-5,8-10,23H,1-2,6-7,22H2. The molecule has 0 spiro atoms. The largest absolute Gasteiger partial charge is 0.352 e. The molecule has 0 unspecified atom stereocenters. The SMILES string of the molecule is NCCCCc1c(-c2cccc(Br)c2)[nH]c2c(F)cc(F)cc12. The first-order chi connectivity index (χ1) is 11.1. The van der Waals surface area contributed by atoms with Crippen LogP contribution in [0.5, 0.6) is 0 Å². The molecule has 0 fully saturated rings. The molecule has 3 rings (SSSR count). The summed E-state index contributed by atoms with van der Waals surface area (Å²) < 4.78 is 28.7. The van der Waals surface area contributed by atoms with Crippen LogP contribution in [0.3, 0.4) is 0 Å². The van der Waals surface area contributed by atoms with Crippen molar-refractivity contribution in [3.63, 3.8) is 0 Å². The van der Waals surface area contributed by atoms with Crippen LogP contribution in [0, 0.1) is 11.6 Å². The molecule has 5 heteroatoms. The second-order valence-corrected chi connectivity index (χ2v) is 6.46. The Kier molecular flexibility index (Phi) is 4.78. The van der Waals surface area contributed by atoms with E-state index in [1.165, 1.54) is 6.07 Å². The number of H-pyrrole nitrogens is 1. The lowest BCUT2D eigenvalue weighted by Gasteiger charge is -2.06. The lowest BCUT2D eigenvalue weighted by Crippen LogP contribution is -1.99. The molecule has 0 saturated carbocycles. The number of rotatable bonds is 5. The minimum Gasteiger partial charge on any atom is -0.352 e. The molecule has 120 valence electrons. The van der Waals surface area contributed by atoms with Crippen LogP contribution in [0.15, 0.2) is 40.9 Å². The number of unbranched alkanes of at least 4 members (excludes halogenated alkanes) is 1. The van der Waals surface area contributed by atoms with Gasteiger partial charge in [0.05, 0.1) is 5.52 Å². The van der Waals surface area contributed by atoms with Gasteiger partial charge < -0.3 is 10.7 Å². The average Bonchev–Trinajstić information content (AvgIpc) is 2.87. The molecule has 1 aromatic heterocycles. The van der Waals surface area contributed by atoms with E-state index in [1.807, 2.05) is 24.3 Å². The van der Waals surface area contributed by atoms with Gasteiger partial charge in [0.1, 0.15) is 11.6 Å². The topological polar surface area (TPSA) is 41.8 Å². The van der Waals surface area contributed by atoms with Gasteiger partial charge in [0, 0.05) is 21.6 Å². The van der Waals surface area contributed by atoms with Crippen LogP contribution in [-0.4, -0.2) is 11.5 Å². The van der Waals surface area contributed by atoms with Gasteiger partial charge in [-0.1, -0.05) is 28.1 Å². The predicted octanol–water partition coefficient (Wildman–Crippen LogP) is 5.16. The fourth-order valence-electron chi connectivity index (χ4n) is 2.87. The van der Waals surface area contributed by atoms with Gasteiger partial charge in [-0.05, 0) is 55.1 Å². The second kappa shape index (κ2) is 6.81. The van der Waals surface area contributed by atoms with Gasteiger partial charge in [0.25, 0.3) is 0 Å². The Morgan fingerprint density at radius 2 is 1.91 bits per heavy atom. The molecule has 3 aromatic rings. The number of aromatic amines is 1. The minimum absolute atomic E-state index is 0.351. The first kappa shape index (κ1) is 16.1. The van der Waals surface area contributed by atoms with Crippen molar-refractivity contribution >= 4 is 26.8 Å². The third-order valence-corrected chi connectivity index (χ3v) is 4.42. The van der Waals surface area contributed by atoms with E-state index in [2.05, 4.69) is 20.9 Å². The Labute approximate surface area is 141 Å². The maximum atomic E-state index is 14.1. The van der Waals surface area contributed by atoms with E-state index in [4.69, 9.17) is 5.73 Å². The molecule has 0 aliphatic rings. The Bertz CT molecular complexity index is 842. The zero-order valence-corrected chi connectivity index (χ0v) is 14.1. The van der Waals surface area contributed by atoms with Crippen molar-refractivity contribution in [3.05, 3.63) is 58.1 Å². The highest BCUT2D eigenvalue weighted by molar-refractivity contribution is 9.10. The molecule has 0 radical (unpaired) electrons. The van der Waals surface area contributed by atoms with Gasteiger partial charge in [-0.2, -0.15) is 0 Å². The van der Waals surface area contributed by atoms with Crippen molar-refractivity contribution in [3.8, 4) is 11.3 Å². The van der Waals surface area contributed by atoms with E-state index in [-0.39, 0.29) is 0 Å². The number of benzene rings is 2. The summed E-state index contributed by atoms with van der Waals surface area (Å²) in [7, 11) is 0. The average molecular weight is 379 g/mol. The molecule has 1 heterocycles. The van der Waals surface area contributed by atoms with Gasteiger partial charge >= 0.3 is 0 Å². The zero-order valence-electron chi connectivity index (χ0n) is 12.5. The lowest BCUT2D eigenvalue weighted by atomic mass is 10.00. The minimum atomic E-state index is -0.568. The predicted molar refractivity (Wildman–Crippen MR) is 93.3 cm³/mol. The van der Waals surface area contributed by atoms with E-state index < -0.39 is 11.6 Å². The van der Waals surface area contributed by atoms with Crippen LogP contribution in [0.4, 0.5) is 8.78 Å². The highest BCUT2D eigenvalue weighted by Crippen LogP contribution is 2.34. The number of fused-ring (bicyclic) bond motifs is 1. The number of nitrogens with one attached hydrogen (secondary N) is 1. The van der Waals surface area contributed by atoms with Gasteiger partial charge in [-0.3, -0.25) is 0 Å². The first-order valence-corrected chi connectivity index (χ1v) is 8.35. The molecule has 2 aromatic carbocycles. The van der Waals surface area contributed by atoms with Crippen LogP contribution in [0.2, 0.25) is 0 Å². The smallest absolute Gasteiger partial charge is 0.150 e. The number of hydrogen-bond acceptors (Lipinski definition) is 1. The molecule has 0 aliphatic carbocycles. The Morgan fingerprint density at radius 1 is 1.09 bits per heavy atom. The van der Waals surface area contributed by atoms with Crippen LogP contribution >= 0.6 is 15.9 Å². The normalized spacial score (nSPS) is 11.3. The van der Waals surface area contributed by atoms with E-state index in [9.17, 15) is 8.78 Å². The summed E-state index contributed by atoms with van der Waals surface area (Å²) >= 11 is 3.45. The third-order valence-electron chi connectivity index (χ3n) is 3.93. The molecule has 3 N–H and O–H groups in total. The molecule has 0 aliphatic heterocycles. The van der Waals surface area contributed by atoms with E-state index >= 15 is 0 Å². The zero-order chi connectivity index (χ0) is 16.4. The maximum absolute atomic E-state index is 14.1. The summed E-state index contributed by atoms with van der Waals surface area (Å²) in [5.41, 5.74) is 8.63. The summed E-state index contributed by atoms with van der Waals surface area (Å²) in [5, 5.41) is 0.606. The number of hydrogen-bond donors (Lipinski definition) is 2. The van der Waals surface area contributed by atoms with Gasteiger partial charge in [0.2, 0.25) is 0 Å². The third kappa shape index (κ3) is 3.31. The molecule has 0 amide bonds. The highest BCUT2D eigenvalue weighted by atomic mass is 79.9. The lowest BCUT2D eigenvalue weighted by molar-refractivity contribution is 0.591. The fraction of sp³-hybridized carbons (Fsp3) is 0.222. The van der Waals surface area contributed by atoms with E-state index in [1.54, 1.807) is 0 Å². The van der Waals surface area contributed by atoms with Crippen molar-refractivity contribution in [1.29, 1.82) is 0 Å². The van der Waals surface area contributed by atoms with Crippen molar-refractivity contribution in [2.45, 2.75) is 19.3 Å². The number of aryl methyl sites for hydroxylation is 1. The number of nitrogens with two attached hydrogens (primary N) is 1. The molecular weight excluding hydrogens is 362 g/mol. The molecule has 0 atom stereocenters. The molecule has 23 heavy (non-hydrogen) atoms. The van der Waals surface area contributed by atoms with Gasteiger partial charge in [-0.25, -0.2) is 8.78 Å². The summed E-state index contributed by atoms with van der Waals surface area (Å²) in [4.78, 5) is 3.14. The Morgan fingerprint density at radius 3 is 2.65 bits per heavy atom. The second-order valence-electron chi connectivity index (χ2n) is 5.54. The van der Waals surface area contributed by atoms with Crippen LogP contribution in [-0.2, 0) is 6.42 Å². The van der Waals surface area contributed by atoms with E-state index in [0.29, 0.717) is 17.4 Å².